The van der Waals surface area contributed by atoms with E-state index in [0.717, 1.165) is 0 Å². The molecule has 0 fully saturated rings. The van der Waals surface area contributed by atoms with Gasteiger partial charge in [-0.25, -0.2) is 0 Å². The number of rotatable bonds is 3. The third kappa shape index (κ3) is 6.40. The second-order valence-corrected chi connectivity index (χ2v) is 1.90. The molecule has 0 aliphatic heterocycles. The molecule has 1 radical (unpaired) electrons. The fourth-order valence-corrected chi connectivity index (χ4v) is 0.541. The number of nitrogens with two attached hydrogens (primary N) is 1. The van der Waals surface area contributed by atoms with Gasteiger partial charge >= 0.3 is 5.97 Å². The number of carboxylic acid groups (broad SMARTS) is 1. The minimum Gasteiger partial charge on any atom is -0.480 e. The van der Waals surface area contributed by atoms with Crippen LogP contribution in [0, 0.1) is 0 Å². The van der Waals surface area contributed by atoms with Crippen molar-refractivity contribution in [1.82, 2.24) is 0 Å². The van der Waals surface area contributed by atoms with Crippen LogP contribution in [0.1, 0.15) is 6.42 Å². The van der Waals surface area contributed by atoms with Crippen LogP contribution in [0.15, 0.2) is 0 Å². The van der Waals surface area contributed by atoms with Crippen molar-refractivity contribution < 1.29 is 32.3 Å². The summed E-state index contributed by atoms with van der Waals surface area (Å²) in [7, 11) is 0. The molecule has 0 aromatic rings. The van der Waals surface area contributed by atoms with Gasteiger partial charge in [0.1, 0.15) is 6.04 Å². The van der Waals surface area contributed by atoms with Gasteiger partial charge in [-0.15, -0.1) is 0 Å². The summed E-state index contributed by atoms with van der Waals surface area (Å²) in [6.07, 6.45) is 0.429. The first-order valence-electron chi connectivity index (χ1n) is 2.27. The molecule has 0 spiro atoms. The number of hydrogen-bond acceptors (Lipinski definition) is 3. The maximum atomic E-state index is 9.93. The zero-order valence-electron chi connectivity index (χ0n) is 4.67. The molecule has 1 atom stereocenters. The van der Waals surface area contributed by atoms with Gasteiger partial charge in [-0.1, -0.05) is 0 Å². The number of thiol groups is 1. The van der Waals surface area contributed by atoms with Gasteiger partial charge in [0, 0.05) is 22.4 Å². The van der Waals surface area contributed by atoms with Gasteiger partial charge in [0.05, 0.1) is 0 Å². The van der Waals surface area contributed by atoms with E-state index in [9.17, 15) is 4.79 Å². The van der Waals surface area contributed by atoms with Gasteiger partial charge in [0.15, 0.2) is 0 Å². The molecule has 0 aromatic carbocycles. The molecule has 5 heteroatoms. The van der Waals surface area contributed by atoms with Crippen molar-refractivity contribution in [2.45, 2.75) is 12.5 Å². The minimum absolute atomic E-state index is 0. The van der Waals surface area contributed by atoms with E-state index in [1.54, 1.807) is 0 Å². The predicted octanol–water partition coefficient (Wildman–Crippen LogP) is -0.284. The van der Waals surface area contributed by atoms with E-state index in [-0.39, 0.29) is 22.4 Å². The van der Waals surface area contributed by atoms with E-state index < -0.39 is 12.0 Å². The molecule has 1 unspecified atom stereocenters. The van der Waals surface area contributed by atoms with Crippen molar-refractivity contribution in [3.63, 3.8) is 0 Å². The van der Waals surface area contributed by atoms with Crippen molar-refractivity contribution in [2.24, 2.45) is 5.73 Å². The summed E-state index contributed by atoms with van der Waals surface area (Å²) in [6, 6.07) is -0.743. The van der Waals surface area contributed by atoms with Crippen molar-refractivity contribution in [3.8, 4) is 0 Å². The SMILES string of the molecule is NC(CCS)C(=O)O.[Au]. The Morgan fingerprint density at radius 2 is 2.22 bits per heavy atom. The number of carbonyl (C=O) groups is 1. The van der Waals surface area contributed by atoms with Crippen molar-refractivity contribution >= 4 is 18.6 Å². The zero-order chi connectivity index (χ0) is 6.57. The maximum Gasteiger partial charge on any atom is 0.320 e. The third-order valence-corrected chi connectivity index (χ3v) is 1.02. The molecule has 59 valence electrons. The van der Waals surface area contributed by atoms with E-state index in [1.165, 1.54) is 0 Å². The van der Waals surface area contributed by atoms with Crippen LogP contribution >= 0.6 is 12.6 Å². The van der Waals surface area contributed by atoms with Gasteiger partial charge < -0.3 is 10.8 Å². The number of carboxylic acids is 1. The largest absolute Gasteiger partial charge is 0.480 e. The van der Waals surface area contributed by atoms with Gasteiger partial charge in [-0.3, -0.25) is 4.79 Å². The summed E-state index contributed by atoms with van der Waals surface area (Å²) < 4.78 is 0. The van der Waals surface area contributed by atoms with Gasteiger partial charge in [-0.05, 0) is 12.2 Å². The molecule has 0 aliphatic rings. The van der Waals surface area contributed by atoms with Crippen LogP contribution in [0.3, 0.4) is 0 Å². The van der Waals surface area contributed by atoms with Crippen LogP contribution in [0.25, 0.3) is 0 Å². The summed E-state index contributed by atoms with van der Waals surface area (Å²) in [4.78, 5) is 9.93. The van der Waals surface area contributed by atoms with Crippen molar-refractivity contribution in [2.75, 3.05) is 5.75 Å². The molecule has 0 heterocycles. The van der Waals surface area contributed by atoms with E-state index in [4.69, 9.17) is 10.8 Å². The fourth-order valence-electron chi connectivity index (χ4n) is 0.263. The zero-order valence-corrected chi connectivity index (χ0v) is 7.73. The van der Waals surface area contributed by atoms with Crippen LogP contribution in [0.5, 0.6) is 0 Å². The Balaban J connectivity index is 0. The molecule has 3 N–H and O–H groups in total. The first kappa shape index (κ1) is 12.2. The fraction of sp³-hybridized carbons (Fsp3) is 0.750. The summed E-state index contributed by atoms with van der Waals surface area (Å²) in [5.74, 6) is -0.438. The van der Waals surface area contributed by atoms with Crippen LogP contribution < -0.4 is 5.73 Å². The number of aliphatic carboxylic acids is 1. The van der Waals surface area contributed by atoms with Gasteiger partial charge in [-0.2, -0.15) is 12.6 Å². The molecule has 0 saturated heterocycles. The molecule has 0 aliphatic carbocycles. The topological polar surface area (TPSA) is 63.3 Å². The predicted molar refractivity (Wildman–Crippen MR) is 34.1 cm³/mol. The second-order valence-electron chi connectivity index (χ2n) is 1.46. The summed E-state index contributed by atoms with van der Waals surface area (Å²) in [5, 5.41) is 8.15. The van der Waals surface area contributed by atoms with E-state index in [2.05, 4.69) is 12.6 Å². The maximum absolute atomic E-state index is 9.93. The molecule has 0 rings (SSSR count). The standard InChI is InChI=1S/C4H9NO2S.Au/c5-3(1-2-8)4(6)7;/h3,8H,1-2,5H2,(H,6,7);. The molecule has 0 saturated carbocycles. The second kappa shape index (κ2) is 6.64. The molecule has 3 nitrogen and oxygen atoms in total. The molecule has 0 bridgehead atoms. The molecular formula is C4H9AuNO2S. The van der Waals surface area contributed by atoms with Crippen molar-refractivity contribution in [1.29, 1.82) is 0 Å². The first-order chi connectivity index (χ1) is 3.68. The third-order valence-electron chi connectivity index (χ3n) is 0.757. The summed E-state index contributed by atoms with van der Waals surface area (Å²) in [6.45, 7) is 0. The van der Waals surface area contributed by atoms with E-state index in [0.29, 0.717) is 12.2 Å². The van der Waals surface area contributed by atoms with E-state index >= 15 is 0 Å². The average molecular weight is 332 g/mol. The van der Waals surface area contributed by atoms with Gasteiger partial charge in [0.2, 0.25) is 0 Å². The Morgan fingerprint density at radius 3 is 2.33 bits per heavy atom. The Hall–Kier alpha value is 0.520. The Morgan fingerprint density at radius 1 is 1.78 bits per heavy atom. The monoisotopic (exact) mass is 332 g/mol. The van der Waals surface area contributed by atoms with Crippen LogP contribution in [0.4, 0.5) is 0 Å². The Labute approximate surface area is 74.9 Å². The Bertz CT molecular complexity index is 90.6. The van der Waals surface area contributed by atoms with Crippen LogP contribution in [-0.2, 0) is 27.2 Å². The van der Waals surface area contributed by atoms with Crippen molar-refractivity contribution in [3.05, 3.63) is 0 Å². The molecule has 0 amide bonds. The molecule has 9 heavy (non-hydrogen) atoms. The van der Waals surface area contributed by atoms with Crippen LogP contribution in [0.2, 0.25) is 0 Å². The number of hydrogen-bond donors (Lipinski definition) is 3. The minimum atomic E-state index is -0.959. The average Bonchev–Trinajstić information content (AvgIpc) is 1.67. The normalized spacial score (nSPS) is 11.8. The van der Waals surface area contributed by atoms with Gasteiger partial charge in [0.25, 0.3) is 0 Å². The smallest absolute Gasteiger partial charge is 0.320 e. The summed E-state index contributed by atoms with van der Waals surface area (Å²) >= 11 is 3.81. The Kier molecular flexibility index (Phi) is 9.01. The van der Waals surface area contributed by atoms with E-state index in [1.807, 2.05) is 0 Å². The molecular weight excluding hydrogens is 323 g/mol. The first-order valence-corrected chi connectivity index (χ1v) is 2.91. The summed E-state index contributed by atoms with van der Waals surface area (Å²) in [5.41, 5.74) is 5.08. The quantitative estimate of drug-likeness (QED) is 0.492. The van der Waals surface area contributed by atoms with Crippen LogP contribution in [-0.4, -0.2) is 22.9 Å². The molecule has 0 aromatic heterocycles.